The molecule has 0 bridgehead atoms. The molecule has 4 rings (SSSR count). The molecule has 2 nitrogen and oxygen atoms in total. The minimum Gasteiger partial charge on any atom is -0.318 e. The molecule has 3 aromatic carbocycles. The van der Waals surface area contributed by atoms with Gasteiger partial charge in [0.05, 0.1) is 12.0 Å². The van der Waals surface area contributed by atoms with Gasteiger partial charge >= 0.3 is 0 Å². The van der Waals surface area contributed by atoms with Gasteiger partial charge in [-0.25, -0.2) is 4.98 Å². The van der Waals surface area contributed by atoms with Gasteiger partial charge in [0.25, 0.3) is 0 Å². The average molecular weight is 477 g/mol. The molecule has 2 heteroatoms. The van der Waals surface area contributed by atoms with Crippen molar-refractivity contribution >= 4 is 6.08 Å². The van der Waals surface area contributed by atoms with Crippen molar-refractivity contribution in [3.63, 3.8) is 0 Å². The number of rotatable bonds is 14. The number of hydrogen-bond acceptors (Lipinski definition) is 1. The first kappa shape index (κ1) is 25.7. The van der Waals surface area contributed by atoms with Crippen molar-refractivity contribution < 1.29 is 0 Å². The maximum Gasteiger partial charge on any atom is 0.121 e. The van der Waals surface area contributed by atoms with E-state index in [-0.39, 0.29) is 0 Å². The van der Waals surface area contributed by atoms with E-state index in [4.69, 9.17) is 4.98 Å². The summed E-state index contributed by atoms with van der Waals surface area (Å²) in [5.41, 5.74) is 4.15. The van der Waals surface area contributed by atoms with Crippen molar-refractivity contribution in [1.82, 2.24) is 9.55 Å². The van der Waals surface area contributed by atoms with Gasteiger partial charge in [-0.2, -0.15) is 0 Å². The van der Waals surface area contributed by atoms with Crippen LogP contribution in [0, 0.1) is 0 Å². The van der Waals surface area contributed by atoms with E-state index in [1.165, 1.54) is 68.1 Å². The van der Waals surface area contributed by atoms with Crippen molar-refractivity contribution in [3.8, 4) is 0 Å². The molecule has 36 heavy (non-hydrogen) atoms. The molecule has 0 saturated heterocycles. The first-order valence-corrected chi connectivity index (χ1v) is 13.7. The first-order valence-electron chi connectivity index (χ1n) is 13.7. The second-order valence-electron chi connectivity index (χ2n) is 9.68. The maximum atomic E-state index is 4.81. The van der Waals surface area contributed by atoms with Crippen LogP contribution in [0.1, 0.15) is 87.1 Å². The second kappa shape index (κ2) is 13.6. The lowest BCUT2D eigenvalue weighted by Crippen LogP contribution is -2.36. The molecule has 0 spiro atoms. The van der Waals surface area contributed by atoms with Crippen molar-refractivity contribution in [2.45, 2.75) is 70.3 Å². The zero-order valence-corrected chi connectivity index (χ0v) is 21.7. The molecule has 0 aliphatic heterocycles. The van der Waals surface area contributed by atoms with E-state index in [2.05, 4.69) is 121 Å². The Morgan fingerprint density at radius 2 is 1.11 bits per heavy atom. The van der Waals surface area contributed by atoms with Gasteiger partial charge in [0.1, 0.15) is 5.54 Å². The monoisotopic (exact) mass is 476 g/mol. The molecule has 1 heterocycles. The molecular weight excluding hydrogens is 436 g/mol. The highest BCUT2D eigenvalue weighted by Gasteiger charge is 2.38. The Balaban J connectivity index is 1.55. The number of aromatic nitrogens is 2. The van der Waals surface area contributed by atoms with E-state index in [1.807, 2.05) is 6.33 Å². The Labute approximate surface area is 217 Å². The summed E-state index contributed by atoms with van der Waals surface area (Å²) < 4.78 is 2.28. The van der Waals surface area contributed by atoms with Crippen molar-refractivity contribution in [3.05, 3.63) is 132 Å². The minimum absolute atomic E-state index is 0.499. The summed E-state index contributed by atoms with van der Waals surface area (Å²) in [4.78, 5) is 4.81. The summed E-state index contributed by atoms with van der Waals surface area (Å²) in [6.45, 7) is 2.28. The predicted molar refractivity (Wildman–Crippen MR) is 153 cm³/mol. The molecule has 0 amide bonds. The van der Waals surface area contributed by atoms with Gasteiger partial charge in [0.2, 0.25) is 0 Å². The smallest absolute Gasteiger partial charge is 0.121 e. The molecule has 186 valence electrons. The summed E-state index contributed by atoms with van der Waals surface area (Å²) in [5.74, 6) is 0. The normalized spacial score (nSPS) is 11.8. The highest BCUT2D eigenvalue weighted by Crippen LogP contribution is 2.40. The third kappa shape index (κ3) is 6.23. The Morgan fingerprint density at radius 1 is 0.639 bits per heavy atom. The third-order valence-corrected chi connectivity index (χ3v) is 7.08. The lowest BCUT2D eigenvalue weighted by Gasteiger charge is -2.37. The van der Waals surface area contributed by atoms with Gasteiger partial charge < -0.3 is 4.57 Å². The zero-order valence-electron chi connectivity index (χ0n) is 21.7. The molecule has 0 atom stereocenters. The quantitative estimate of drug-likeness (QED) is 0.131. The van der Waals surface area contributed by atoms with Crippen LogP contribution in [0.2, 0.25) is 0 Å². The van der Waals surface area contributed by atoms with Gasteiger partial charge in [-0.3, -0.25) is 0 Å². The topological polar surface area (TPSA) is 17.8 Å². The van der Waals surface area contributed by atoms with Crippen molar-refractivity contribution in [2.75, 3.05) is 0 Å². The molecule has 0 aliphatic carbocycles. The Kier molecular flexibility index (Phi) is 9.73. The van der Waals surface area contributed by atoms with Crippen molar-refractivity contribution in [2.24, 2.45) is 0 Å². The number of hydrogen-bond donors (Lipinski definition) is 0. The molecule has 0 fully saturated rings. The molecule has 0 radical (unpaired) electrons. The summed E-state index contributed by atoms with van der Waals surface area (Å²) in [6.07, 6.45) is 20.6. The Hall–Kier alpha value is -3.39. The number of nitrogens with zero attached hydrogens (tertiary/aromatic N) is 2. The molecule has 0 aliphatic rings. The summed E-state index contributed by atoms with van der Waals surface area (Å²) in [7, 11) is 0. The standard InChI is InChI=1S/C34H40N2/c1-2-3-4-5-6-7-8-9-10-20-27-33-28-36(29-35-33)34(30-21-14-11-15-22-30,31-23-16-12-17-24-31)32-25-18-13-19-26-32/h11-29H,2-10H2,1H3. The van der Waals surface area contributed by atoms with E-state index in [0.29, 0.717) is 0 Å². The number of imidazole rings is 1. The van der Waals surface area contributed by atoms with Crippen LogP contribution in [0.15, 0.2) is 110 Å². The fraction of sp³-hybridized carbons (Fsp3) is 0.324. The lowest BCUT2D eigenvalue weighted by molar-refractivity contribution is 0.514. The van der Waals surface area contributed by atoms with E-state index >= 15 is 0 Å². The number of benzene rings is 3. The lowest BCUT2D eigenvalue weighted by atomic mass is 9.77. The molecule has 4 aromatic rings. The SMILES string of the molecule is CCCCCCCCCCC=Cc1cn(C(c2ccccc2)(c2ccccc2)c2ccccc2)cn1. The first-order chi connectivity index (χ1) is 17.9. The molecule has 0 saturated carbocycles. The third-order valence-electron chi connectivity index (χ3n) is 7.08. The highest BCUT2D eigenvalue weighted by atomic mass is 15.1. The second-order valence-corrected chi connectivity index (χ2v) is 9.68. The van der Waals surface area contributed by atoms with E-state index in [1.54, 1.807) is 0 Å². The van der Waals surface area contributed by atoms with E-state index < -0.39 is 5.54 Å². The van der Waals surface area contributed by atoms with Crippen LogP contribution in [0.25, 0.3) is 6.08 Å². The van der Waals surface area contributed by atoms with Crippen LogP contribution in [0.3, 0.4) is 0 Å². The van der Waals surface area contributed by atoms with E-state index in [9.17, 15) is 0 Å². The highest BCUT2D eigenvalue weighted by molar-refractivity contribution is 5.52. The Bertz CT molecular complexity index is 1060. The largest absolute Gasteiger partial charge is 0.318 e. The number of allylic oxidation sites excluding steroid dienone is 1. The summed E-state index contributed by atoms with van der Waals surface area (Å²) in [6, 6.07) is 32.3. The fourth-order valence-corrected chi connectivity index (χ4v) is 5.19. The van der Waals surface area contributed by atoms with Crippen LogP contribution in [-0.4, -0.2) is 9.55 Å². The molecule has 0 unspecified atom stereocenters. The van der Waals surface area contributed by atoms with Gasteiger partial charge in [0, 0.05) is 6.20 Å². The van der Waals surface area contributed by atoms with Gasteiger partial charge in [-0.05, 0) is 35.6 Å². The van der Waals surface area contributed by atoms with Crippen LogP contribution in [0.4, 0.5) is 0 Å². The zero-order chi connectivity index (χ0) is 24.9. The summed E-state index contributed by atoms with van der Waals surface area (Å²) in [5, 5.41) is 0. The fourth-order valence-electron chi connectivity index (χ4n) is 5.19. The number of unbranched alkanes of at least 4 members (excludes halogenated alkanes) is 8. The predicted octanol–water partition coefficient (Wildman–Crippen LogP) is 9.27. The van der Waals surface area contributed by atoms with Crippen LogP contribution in [0.5, 0.6) is 0 Å². The summed E-state index contributed by atoms with van der Waals surface area (Å²) >= 11 is 0. The van der Waals surface area contributed by atoms with Gasteiger partial charge in [-0.15, -0.1) is 0 Å². The van der Waals surface area contributed by atoms with Gasteiger partial charge in [-0.1, -0.05) is 149 Å². The Morgan fingerprint density at radius 3 is 1.61 bits per heavy atom. The molecular formula is C34H40N2. The van der Waals surface area contributed by atoms with Crippen LogP contribution in [-0.2, 0) is 5.54 Å². The molecule has 0 N–H and O–H groups in total. The average Bonchev–Trinajstić information content (AvgIpc) is 3.41. The molecule has 1 aromatic heterocycles. The van der Waals surface area contributed by atoms with Crippen molar-refractivity contribution in [1.29, 1.82) is 0 Å². The van der Waals surface area contributed by atoms with Gasteiger partial charge in [0.15, 0.2) is 0 Å². The maximum absolute atomic E-state index is 4.81. The van der Waals surface area contributed by atoms with Crippen LogP contribution < -0.4 is 0 Å². The van der Waals surface area contributed by atoms with E-state index in [0.717, 1.165) is 12.1 Å². The minimum atomic E-state index is -0.499. The van der Waals surface area contributed by atoms with Crippen LogP contribution >= 0.6 is 0 Å².